The molecule has 1 unspecified atom stereocenters. The molecule has 1 radical (unpaired) electrons. The quantitative estimate of drug-likeness (QED) is 0.586. The van der Waals surface area contributed by atoms with Crippen LogP contribution in [0, 0.1) is 12.8 Å². The van der Waals surface area contributed by atoms with Gasteiger partial charge in [0.15, 0.2) is 0 Å². The summed E-state index contributed by atoms with van der Waals surface area (Å²) in [5.41, 5.74) is 0. The Bertz CT molecular complexity index is 66.8. The van der Waals surface area contributed by atoms with Crippen LogP contribution in [0.15, 0.2) is 0 Å². The van der Waals surface area contributed by atoms with Crippen LogP contribution in [-0.2, 0) is 0 Å². The van der Waals surface area contributed by atoms with E-state index < -0.39 is 0 Å². The summed E-state index contributed by atoms with van der Waals surface area (Å²) >= 11 is 0. The summed E-state index contributed by atoms with van der Waals surface area (Å²) in [5, 5.41) is 9.01. The van der Waals surface area contributed by atoms with Gasteiger partial charge < -0.3 is 5.11 Å². The summed E-state index contributed by atoms with van der Waals surface area (Å²) in [7, 11) is 0. The summed E-state index contributed by atoms with van der Waals surface area (Å²) in [5.74, 6) is 0.840. The minimum Gasteiger partial charge on any atom is -0.393 e. The van der Waals surface area contributed by atoms with Gasteiger partial charge >= 0.3 is 0 Å². The van der Waals surface area contributed by atoms with E-state index in [1.807, 2.05) is 0 Å². The van der Waals surface area contributed by atoms with E-state index in [0.717, 1.165) is 12.3 Å². The fourth-order valence-corrected chi connectivity index (χ4v) is 0.856. The lowest BCUT2D eigenvalue weighted by Gasteiger charge is -2.03. The molecule has 0 amide bonds. The molecular formula is C7H13O. The van der Waals surface area contributed by atoms with Crippen molar-refractivity contribution < 1.29 is 5.11 Å². The maximum atomic E-state index is 9.01. The Hall–Kier alpha value is -0.0400. The second-order valence-electron chi connectivity index (χ2n) is 2.62. The predicted molar refractivity (Wildman–Crippen MR) is 33.3 cm³/mol. The zero-order valence-corrected chi connectivity index (χ0v) is 5.14. The summed E-state index contributed by atoms with van der Waals surface area (Å²) < 4.78 is 0. The highest BCUT2D eigenvalue weighted by atomic mass is 16.3. The van der Waals surface area contributed by atoms with Crippen LogP contribution in [0.25, 0.3) is 0 Å². The van der Waals surface area contributed by atoms with Crippen molar-refractivity contribution in [3.63, 3.8) is 0 Å². The zero-order valence-electron chi connectivity index (χ0n) is 5.14. The Morgan fingerprint density at radius 3 is 2.62 bits per heavy atom. The second-order valence-corrected chi connectivity index (χ2v) is 2.62. The van der Waals surface area contributed by atoms with Crippen LogP contribution in [0.2, 0.25) is 0 Å². The van der Waals surface area contributed by atoms with E-state index in [2.05, 4.69) is 6.92 Å². The van der Waals surface area contributed by atoms with Gasteiger partial charge in [-0.3, -0.25) is 0 Å². The van der Waals surface area contributed by atoms with E-state index in [1.165, 1.54) is 12.8 Å². The first kappa shape index (κ1) is 6.09. The monoisotopic (exact) mass is 113 g/mol. The predicted octanol–water partition coefficient (Wildman–Crippen LogP) is 1.37. The standard InChI is InChI=1S/C7H13O/c1-2-7(8)5-6-3-4-6/h6-8H,1-5H2. The highest BCUT2D eigenvalue weighted by Gasteiger charge is 2.23. The third-order valence-corrected chi connectivity index (χ3v) is 1.64. The van der Waals surface area contributed by atoms with E-state index in [0.29, 0.717) is 6.42 Å². The molecule has 1 fully saturated rings. The Balaban J connectivity index is 1.98. The van der Waals surface area contributed by atoms with Crippen molar-refractivity contribution in [2.24, 2.45) is 5.92 Å². The van der Waals surface area contributed by atoms with Gasteiger partial charge in [-0.1, -0.05) is 19.8 Å². The number of rotatable bonds is 3. The van der Waals surface area contributed by atoms with Crippen molar-refractivity contribution in [1.82, 2.24) is 0 Å². The van der Waals surface area contributed by atoms with Gasteiger partial charge in [0.1, 0.15) is 0 Å². The molecule has 0 spiro atoms. The van der Waals surface area contributed by atoms with Crippen LogP contribution in [0.5, 0.6) is 0 Å². The molecule has 1 saturated carbocycles. The maximum absolute atomic E-state index is 9.01. The molecule has 1 atom stereocenters. The number of hydrogen-bond donors (Lipinski definition) is 1. The maximum Gasteiger partial charge on any atom is 0.0542 e. The molecule has 47 valence electrons. The summed E-state index contributed by atoms with van der Waals surface area (Å²) in [6.45, 7) is 3.62. The highest BCUT2D eigenvalue weighted by Crippen LogP contribution is 2.33. The molecule has 1 aliphatic rings. The topological polar surface area (TPSA) is 20.2 Å². The van der Waals surface area contributed by atoms with Gasteiger partial charge in [0.2, 0.25) is 0 Å². The Labute approximate surface area is 50.7 Å². The van der Waals surface area contributed by atoms with Gasteiger partial charge in [-0.05, 0) is 18.8 Å². The van der Waals surface area contributed by atoms with Crippen molar-refractivity contribution >= 4 is 0 Å². The molecule has 0 heterocycles. The van der Waals surface area contributed by atoms with Crippen LogP contribution in [0.4, 0.5) is 0 Å². The smallest absolute Gasteiger partial charge is 0.0542 e. The van der Waals surface area contributed by atoms with Crippen molar-refractivity contribution in [2.45, 2.75) is 31.8 Å². The minimum absolute atomic E-state index is 0.123. The van der Waals surface area contributed by atoms with Gasteiger partial charge in [0, 0.05) is 0 Å². The minimum atomic E-state index is -0.123. The summed E-state index contributed by atoms with van der Waals surface area (Å²) in [6.07, 6.45) is 4.20. The van der Waals surface area contributed by atoms with Gasteiger partial charge in [0.25, 0.3) is 0 Å². The van der Waals surface area contributed by atoms with Crippen LogP contribution >= 0.6 is 0 Å². The Morgan fingerprint density at radius 2 is 2.25 bits per heavy atom. The van der Waals surface area contributed by atoms with E-state index in [1.54, 1.807) is 0 Å². The van der Waals surface area contributed by atoms with Gasteiger partial charge in [-0.2, -0.15) is 0 Å². The molecule has 1 heteroatoms. The SMILES string of the molecule is [CH2]CC(O)CC1CC1. The van der Waals surface area contributed by atoms with Crippen LogP contribution in [0.3, 0.4) is 0 Å². The lowest BCUT2D eigenvalue weighted by Crippen LogP contribution is -2.04. The fourth-order valence-electron chi connectivity index (χ4n) is 0.856. The first-order chi connectivity index (χ1) is 3.83. The molecule has 0 aliphatic heterocycles. The molecule has 1 N–H and O–H groups in total. The van der Waals surface area contributed by atoms with Crippen LogP contribution < -0.4 is 0 Å². The molecule has 1 rings (SSSR count). The Kier molecular flexibility index (Phi) is 1.90. The average molecular weight is 113 g/mol. The Morgan fingerprint density at radius 1 is 1.62 bits per heavy atom. The summed E-state index contributed by atoms with van der Waals surface area (Å²) in [4.78, 5) is 0. The number of aliphatic hydroxyl groups excluding tert-OH is 1. The number of hydrogen-bond acceptors (Lipinski definition) is 1. The third-order valence-electron chi connectivity index (χ3n) is 1.64. The first-order valence-electron chi connectivity index (χ1n) is 3.30. The van der Waals surface area contributed by atoms with E-state index in [-0.39, 0.29) is 6.10 Å². The van der Waals surface area contributed by atoms with Crippen molar-refractivity contribution in [3.05, 3.63) is 6.92 Å². The molecule has 0 saturated heterocycles. The molecule has 0 aromatic heterocycles. The zero-order chi connectivity index (χ0) is 5.98. The molecule has 0 aromatic rings. The van der Waals surface area contributed by atoms with Gasteiger partial charge in [-0.25, -0.2) is 0 Å². The van der Waals surface area contributed by atoms with Crippen molar-refractivity contribution in [2.75, 3.05) is 0 Å². The lowest BCUT2D eigenvalue weighted by molar-refractivity contribution is 0.160. The molecule has 0 bridgehead atoms. The average Bonchev–Trinajstić information content (AvgIpc) is 2.50. The highest BCUT2D eigenvalue weighted by molar-refractivity contribution is 4.76. The van der Waals surface area contributed by atoms with Crippen molar-refractivity contribution in [1.29, 1.82) is 0 Å². The third kappa shape index (κ3) is 1.83. The van der Waals surface area contributed by atoms with E-state index in [9.17, 15) is 0 Å². The second kappa shape index (κ2) is 2.49. The van der Waals surface area contributed by atoms with E-state index in [4.69, 9.17) is 5.11 Å². The molecular weight excluding hydrogens is 100 g/mol. The molecule has 8 heavy (non-hydrogen) atoms. The van der Waals surface area contributed by atoms with Crippen LogP contribution in [-0.4, -0.2) is 11.2 Å². The normalized spacial score (nSPS) is 23.2. The van der Waals surface area contributed by atoms with Gasteiger partial charge in [-0.15, -0.1) is 0 Å². The van der Waals surface area contributed by atoms with Crippen molar-refractivity contribution in [3.8, 4) is 0 Å². The fraction of sp³-hybridized carbons (Fsp3) is 0.857. The van der Waals surface area contributed by atoms with Gasteiger partial charge in [0.05, 0.1) is 6.10 Å². The molecule has 0 aromatic carbocycles. The lowest BCUT2D eigenvalue weighted by atomic mass is 10.1. The largest absolute Gasteiger partial charge is 0.393 e. The van der Waals surface area contributed by atoms with E-state index >= 15 is 0 Å². The van der Waals surface area contributed by atoms with Crippen LogP contribution in [0.1, 0.15) is 25.7 Å². The number of aliphatic hydroxyl groups is 1. The molecule has 1 nitrogen and oxygen atoms in total. The first-order valence-corrected chi connectivity index (χ1v) is 3.30. The molecule has 1 aliphatic carbocycles. The summed E-state index contributed by atoms with van der Waals surface area (Å²) in [6, 6.07) is 0.